The van der Waals surface area contributed by atoms with E-state index in [0.717, 1.165) is 10.7 Å². The normalized spacial score (nSPS) is 15.1. The molecule has 2 bridgehead atoms. The molecular weight excluding hydrogens is 429 g/mol. The molecule has 0 unspecified atom stereocenters. The summed E-state index contributed by atoms with van der Waals surface area (Å²) in [5.74, 6) is -5.58. The molecule has 1 aliphatic rings. The number of nitrogens with zero attached hydrogens (tertiary/aromatic N) is 3. The minimum absolute atomic E-state index is 0.373. The molecule has 0 radical (unpaired) electrons. The van der Waals surface area contributed by atoms with Gasteiger partial charge in [0, 0.05) is 24.2 Å². The SMILES string of the molecule is C=C1C=C[C@H](C)n2c[n+]1n1cc(C(=O)NCc3c(F)cc(F)cc3F)c(=O)c(O)c1c2=O. The van der Waals surface area contributed by atoms with E-state index in [0.29, 0.717) is 17.8 Å². The van der Waals surface area contributed by atoms with Crippen LogP contribution in [0.3, 0.4) is 0 Å². The van der Waals surface area contributed by atoms with Crippen molar-refractivity contribution >= 4 is 17.1 Å². The van der Waals surface area contributed by atoms with E-state index >= 15 is 0 Å². The molecule has 2 aromatic heterocycles. The summed E-state index contributed by atoms with van der Waals surface area (Å²) in [6, 6.07) is 0.518. The molecule has 3 heterocycles. The molecular formula is C21H16F3N4O4+. The third-order valence-electron chi connectivity index (χ3n) is 5.14. The summed E-state index contributed by atoms with van der Waals surface area (Å²) in [6.07, 6.45) is 5.73. The fourth-order valence-electron chi connectivity index (χ4n) is 3.40. The number of carbonyl (C=O) groups is 1. The number of rotatable bonds is 3. The topological polar surface area (TPSA) is 96.7 Å². The van der Waals surface area contributed by atoms with E-state index in [4.69, 9.17) is 0 Å². The fraction of sp³-hybridized carbons (Fsp3) is 0.143. The lowest BCUT2D eigenvalue weighted by molar-refractivity contribution is -0.659. The quantitative estimate of drug-likeness (QED) is 0.596. The minimum Gasteiger partial charge on any atom is -0.502 e. The zero-order valence-electron chi connectivity index (χ0n) is 16.6. The molecule has 164 valence electrons. The first-order valence-corrected chi connectivity index (χ1v) is 9.34. The third-order valence-corrected chi connectivity index (χ3v) is 5.14. The Kier molecular flexibility index (Phi) is 4.96. The molecule has 0 fully saturated rings. The van der Waals surface area contributed by atoms with Gasteiger partial charge in [-0.2, -0.15) is 9.08 Å². The molecule has 0 aliphatic carbocycles. The second-order valence-corrected chi connectivity index (χ2v) is 7.21. The maximum atomic E-state index is 13.8. The van der Waals surface area contributed by atoms with Crippen molar-refractivity contribution in [3.05, 3.63) is 92.5 Å². The molecule has 0 saturated heterocycles. The Balaban J connectivity index is 1.81. The summed E-state index contributed by atoms with van der Waals surface area (Å²) in [4.78, 5) is 38.1. The zero-order chi connectivity index (χ0) is 23.3. The van der Waals surface area contributed by atoms with Crippen LogP contribution in [0.1, 0.15) is 28.9 Å². The van der Waals surface area contributed by atoms with Gasteiger partial charge in [0.05, 0.1) is 6.20 Å². The van der Waals surface area contributed by atoms with E-state index in [2.05, 4.69) is 11.9 Å². The van der Waals surface area contributed by atoms with Gasteiger partial charge in [0.1, 0.15) is 34.8 Å². The van der Waals surface area contributed by atoms with Gasteiger partial charge in [-0.1, -0.05) is 0 Å². The van der Waals surface area contributed by atoms with E-state index < -0.39 is 63.8 Å². The monoisotopic (exact) mass is 445 g/mol. The Bertz CT molecular complexity index is 1450. The molecule has 1 aliphatic heterocycles. The lowest BCUT2D eigenvalue weighted by Crippen LogP contribution is -2.46. The number of benzene rings is 1. The maximum Gasteiger partial charge on any atom is 0.365 e. The summed E-state index contributed by atoms with van der Waals surface area (Å²) in [6.45, 7) is 4.89. The number of halogens is 3. The second kappa shape index (κ2) is 7.52. The van der Waals surface area contributed by atoms with Crippen LogP contribution in [0.2, 0.25) is 0 Å². The summed E-state index contributed by atoms with van der Waals surface area (Å²) in [5.41, 5.74) is -3.02. The Morgan fingerprint density at radius 3 is 2.56 bits per heavy atom. The standard InChI is InChI=1S/C21H15F3N4O4/c1-10-3-4-11(2)28-9-26(10)21(32)17-19(30)18(29)14(8-27(17)28)20(31)25-7-13-15(23)5-12(22)6-16(13)24/h3-6,8-10H,2,7H2,1H3,(H-,25,30,31,32)/p+1/t10-/m0/s1. The first-order chi connectivity index (χ1) is 15.1. The Morgan fingerprint density at radius 2 is 1.91 bits per heavy atom. The van der Waals surface area contributed by atoms with E-state index in [1.54, 1.807) is 19.1 Å². The van der Waals surface area contributed by atoms with Crippen LogP contribution in [0.15, 0.2) is 53.0 Å². The Morgan fingerprint density at radius 1 is 1.25 bits per heavy atom. The summed E-state index contributed by atoms with van der Waals surface area (Å²) in [7, 11) is 0. The van der Waals surface area contributed by atoms with Gasteiger partial charge in [-0.15, -0.1) is 4.68 Å². The fourth-order valence-corrected chi connectivity index (χ4v) is 3.40. The second-order valence-electron chi connectivity index (χ2n) is 7.21. The molecule has 1 aromatic carbocycles. The van der Waals surface area contributed by atoms with E-state index in [-0.39, 0.29) is 5.52 Å². The molecule has 2 N–H and O–H groups in total. The summed E-state index contributed by atoms with van der Waals surface area (Å²) in [5, 5.41) is 12.6. The first-order valence-electron chi connectivity index (χ1n) is 9.34. The molecule has 3 aromatic rings. The maximum absolute atomic E-state index is 13.8. The third kappa shape index (κ3) is 3.27. The molecule has 0 spiro atoms. The average Bonchev–Trinajstić information content (AvgIpc) is 2.85. The van der Waals surface area contributed by atoms with Crippen LogP contribution in [0.25, 0.3) is 11.2 Å². The number of pyridine rings is 1. The highest BCUT2D eigenvalue weighted by molar-refractivity contribution is 5.94. The largest absolute Gasteiger partial charge is 0.502 e. The smallest absolute Gasteiger partial charge is 0.365 e. The number of allylic oxidation sites excluding steroid dienone is 3. The van der Waals surface area contributed by atoms with Crippen molar-refractivity contribution in [2.45, 2.75) is 19.5 Å². The van der Waals surface area contributed by atoms with Gasteiger partial charge in [0.2, 0.25) is 16.7 Å². The number of carbonyl (C=O) groups excluding carboxylic acids is 1. The minimum atomic E-state index is -1.21. The lowest BCUT2D eigenvalue weighted by atomic mass is 10.1. The molecule has 1 amide bonds. The number of amides is 1. The number of hydrogen-bond acceptors (Lipinski definition) is 4. The number of nitrogens with one attached hydrogen (secondary N) is 1. The molecule has 4 rings (SSSR count). The van der Waals surface area contributed by atoms with Crippen LogP contribution in [0, 0.1) is 17.5 Å². The average molecular weight is 445 g/mol. The van der Waals surface area contributed by atoms with E-state index in [9.17, 15) is 32.7 Å². The highest BCUT2D eigenvalue weighted by Crippen LogP contribution is 2.16. The van der Waals surface area contributed by atoms with Crippen LogP contribution in [0.5, 0.6) is 5.75 Å². The predicted molar refractivity (Wildman–Crippen MR) is 106 cm³/mol. The van der Waals surface area contributed by atoms with Crippen LogP contribution < -0.4 is 21.0 Å². The van der Waals surface area contributed by atoms with Crippen LogP contribution in [-0.4, -0.2) is 20.1 Å². The molecule has 8 nitrogen and oxygen atoms in total. The zero-order valence-corrected chi connectivity index (χ0v) is 16.6. The number of aromatic nitrogens is 3. The van der Waals surface area contributed by atoms with E-state index in [1.807, 2.05) is 0 Å². The van der Waals surface area contributed by atoms with Gasteiger partial charge < -0.3 is 10.4 Å². The van der Waals surface area contributed by atoms with E-state index in [1.165, 1.54) is 15.6 Å². The summed E-state index contributed by atoms with van der Waals surface area (Å²) >= 11 is 0. The molecule has 11 heteroatoms. The van der Waals surface area contributed by atoms with Crippen molar-refractivity contribution in [3.8, 4) is 5.75 Å². The van der Waals surface area contributed by atoms with Crippen molar-refractivity contribution in [2.24, 2.45) is 0 Å². The van der Waals surface area contributed by atoms with Crippen molar-refractivity contribution in [2.75, 3.05) is 0 Å². The Labute approximate surface area is 177 Å². The molecule has 0 saturated carbocycles. The van der Waals surface area contributed by atoms with Crippen molar-refractivity contribution in [1.82, 2.24) is 14.4 Å². The van der Waals surface area contributed by atoms with Gasteiger partial charge >= 0.3 is 5.56 Å². The highest BCUT2D eigenvalue weighted by atomic mass is 19.1. The van der Waals surface area contributed by atoms with Crippen LogP contribution in [-0.2, 0) is 6.54 Å². The van der Waals surface area contributed by atoms with Crippen LogP contribution >= 0.6 is 0 Å². The molecule has 32 heavy (non-hydrogen) atoms. The van der Waals surface area contributed by atoms with Gasteiger partial charge in [-0.3, -0.25) is 9.59 Å². The summed E-state index contributed by atoms with van der Waals surface area (Å²) < 4.78 is 44.4. The molecule has 1 atom stereocenters. The van der Waals surface area contributed by atoms with Crippen molar-refractivity contribution < 1.29 is 27.8 Å². The van der Waals surface area contributed by atoms with Gasteiger partial charge in [0.25, 0.3) is 12.2 Å². The van der Waals surface area contributed by atoms with Crippen molar-refractivity contribution in [3.63, 3.8) is 0 Å². The highest BCUT2D eigenvalue weighted by Gasteiger charge is 2.27. The number of fused-ring (bicyclic) bond motifs is 4. The van der Waals surface area contributed by atoms with Crippen molar-refractivity contribution in [1.29, 1.82) is 0 Å². The number of hydrogen-bond donors (Lipinski definition) is 2. The van der Waals surface area contributed by atoms with Crippen LogP contribution in [0.4, 0.5) is 13.2 Å². The van der Waals surface area contributed by atoms with Gasteiger partial charge in [-0.05, 0) is 25.7 Å². The lowest BCUT2D eigenvalue weighted by Gasteiger charge is -2.11. The first kappa shape index (κ1) is 21.1. The predicted octanol–water partition coefficient (Wildman–Crippen LogP) is 1.40. The Hall–Kier alpha value is -4.15. The van der Waals surface area contributed by atoms with Gasteiger partial charge in [-0.25, -0.2) is 18.0 Å². The number of aromatic hydroxyl groups is 1. The van der Waals surface area contributed by atoms with Gasteiger partial charge in [0.15, 0.2) is 0 Å².